The maximum absolute atomic E-state index is 11.0. The fourth-order valence-corrected chi connectivity index (χ4v) is 5.28. The molecule has 0 heterocycles. The first-order valence-electron chi connectivity index (χ1n) is 4.95. The highest BCUT2D eigenvalue weighted by Crippen LogP contribution is 2.43. The van der Waals surface area contributed by atoms with Crippen molar-refractivity contribution in [3.63, 3.8) is 0 Å². The number of hydrogen-bond acceptors (Lipinski definition) is 4. The third kappa shape index (κ3) is 3.96. The Kier molecular flexibility index (Phi) is 6.16. The highest BCUT2D eigenvalue weighted by molar-refractivity contribution is 9.09. The normalized spacial score (nSPS) is 10.4. The predicted molar refractivity (Wildman–Crippen MR) is 74.3 cm³/mol. The first-order valence-corrected chi connectivity index (χ1v) is 8.61. The molecule has 0 aromatic heterocycles. The Labute approximate surface area is 107 Å². The zero-order valence-electron chi connectivity index (χ0n) is 9.23. The van der Waals surface area contributed by atoms with Gasteiger partial charge in [0, 0.05) is 10.6 Å². The standard InChI is InChI=1S/C11H14O2S3/c1-3-7-14-16-15-10-8(2)5-4-6-9(10)11(12)13/h4-6H,3,7H2,1-2H3,(H,12,13). The molecule has 16 heavy (non-hydrogen) atoms. The van der Waals surface area contributed by atoms with Crippen LogP contribution in [0, 0.1) is 6.92 Å². The third-order valence-electron chi connectivity index (χ3n) is 1.90. The van der Waals surface area contributed by atoms with Crippen LogP contribution in [0.4, 0.5) is 0 Å². The molecule has 0 unspecified atom stereocenters. The molecular formula is C11H14O2S3. The van der Waals surface area contributed by atoms with Gasteiger partial charge in [-0.05, 0) is 45.6 Å². The molecule has 0 radical (unpaired) electrons. The van der Waals surface area contributed by atoms with Crippen molar-refractivity contribution in [2.75, 3.05) is 5.75 Å². The van der Waals surface area contributed by atoms with E-state index >= 15 is 0 Å². The van der Waals surface area contributed by atoms with Crippen molar-refractivity contribution in [3.8, 4) is 0 Å². The molecule has 0 aliphatic carbocycles. The van der Waals surface area contributed by atoms with Crippen molar-refractivity contribution in [3.05, 3.63) is 29.3 Å². The molecule has 0 amide bonds. The van der Waals surface area contributed by atoms with Crippen LogP contribution in [-0.4, -0.2) is 16.8 Å². The summed E-state index contributed by atoms with van der Waals surface area (Å²) in [5.41, 5.74) is 1.42. The number of aromatic carboxylic acids is 1. The lowest BCUT2D eigenvalue weighted by molar-refractivity contribution is 0.0693. The van der Waals surface area contributed by atoms with E-state index in [1.807, 2.05) is 13.0 Å². The van der Waals surface area contributed by atoms with Crippen LogP contribution in [0.15, 0.2) is 23.1 Å². The highest BCUT2D eigenvalue weighted by atomic mass is 33.5. The average molecular weight is 274 g/mol. The third-order valence-corrected chi connectivity index (χ3v) is 6.31. The van der Waals surface area contributed by atoms with Crippen molar-refractivity contribution in [2.24, 2.45) is 0 Å². The van der Waals surface area contributed by atoms with Crippen LogP contribution >= 0.6 is 31.4 Å². The van der Waals surface area contributed by atoms with E-state index in [2.05, 4.69) is 6.92 Å². The molecule has 2 nitrogen and oxygen atoms in total. The smallest absolute Gasteiger partial charge is 0.336 e. The number of carboxylic acids is 1. The summed E-state index contributed by atoms with van der Waals surface area (Å²) in [4.78, 5) is 11.9. The van der Waals surface area contributed by atoms with Gasteiger partial charge in [0.05, 0.1) is 5.56 Å². The predicted octanol–water partition coefficient (Wildman–Crippen LogP) is 4.49. The molecule has 0 saturated heterocycles. The second-order valence-electron chi connectivity index (χ2n) is 3.23. The van der Waals surface area contributed by atoms with Crippen LogP contribution in [0.5, 0.6) is 0 Å². The van der Waals surface area contributed by atoms with Crippen LogP contribution in [0.25, 0.3) is 0 Å². The van der Waals surface area contributed by atoms with Crippen LogP contribution < -0.4 is 0 Å². The highest BCUT2D eigenvalue weighted by Gasteiger charge is 2.12. The van der Waals surface area contributed by atoms with E-state index in [4.69, 9.17) is 5.11 Å². The van der Waals surface area contributed by atoms with E-state index in [-0.39, 0.29) is 0 Å². The first-order chi connectivity index (χ1) is 7.66. The van der Waals surface area contributed by atoms with Crippen molar-refractivity contribution in [1.82, 2.24) is 0 Å². The van der Waals surface area contributed by atoms with Gasteiger partial charge < -0.3 is 5.11 Å². The van der Waals surface area contributed by atoms with Crippen LogP contribution in [0.3, 0.4) is 0 Å². The van der Waals surface area contributed by atoms with Gasteiger partial charge in [0.25, 0.3) is 0 Å². The van der Waals surface area contributed by atoms with E-state index in [0.29, 0.717) is 5.56 Å². The van der Waals surface area contributed by atoms with Crippen LogP contribution in [-0.2, 0) is 0 Å². The van der Waals surface area contributed by atoms with E-state index in [0.717, 1.165) is 22.6 Å². The SMILES string of the molecule is CCCSSSc1c(C)cccc1C(=O)O. The average Bonchev–Trinajstić information content (AvgIpc) is 2.25. The van der Waals surface area contributed by atoms with Crippen molar-refractivity contribution < 1.29 is 9.90 Å². The number of benzene rings is 1. The zero-order valence-corrected chi connectivity index (χ0v) is 11.7. The van der Waals surface area contributed by atoms with Gasteiger partial charge in [-0.2, -0.15) is 0 Å². The second kappa shape index (κ2) is 7.14. The zero-order chi connectivity index (χ0) is 12.0. The maximum Gasteiger partial charge on any atom is 0.336 e. The molecule has 88 valence electrons. The van der Waals surface area contributed by atoms with E-state index in [9.17, 15) is 4.79 Å². The topological polar surface area (TPSA) is 37.3 Å². The Morgan fingerprint density at radius 1 is 1.44 bits per heavy atom. The Hall–Kier alpha value is -0.260. The molecule has 1 aromatic carbocycles. The summed E-state index contributed by atoms with van der Waals surface area (Å²) in [6.07, 6.45) is 1.14. The summed E-state index contributed by atoms with van der Waals surface area (Å²) in [6.45, 7) is 4.08. The molecule has 0 fully saturated rings. The van der Waals surface area contributed by atoms with Gasteiger partial charge in [0.15, 0.2) is 0 Å². The Morgan fingerprint density at radius 3 is 2.81 bits per heavy atom. The van der Waals surface area contributed by atoms with Gasteiger partial charge in [-0.3, -0.25) is 0 Å². The van der Waals surface area contributed by atoms with E-state index in [1.54, 1.807) is 43.5 Å². The minimum absolute atomic E-state index is 0.398. The Bertz CT molecular complexity index is 366. The fourth-order valence-electron chi connectivity index (χ4n) is 1.11. The first kappa shape index (κ1) is 13.8. The van der Waals surface area contributed by atoms with Gasteiger partial charge >= 0.3 is 5.97 Å². The van der Waals surface area contributed by atoms with Gasteiger partial charge in [0.1, 0.15) is 0 Å². The molecule has 1 rings (SSSR count). The number of aryl methyl sites for hydroxylation is 1. The summed E-state index contributed by atoms with van der Waals surface area (Å²) in [5.74, 6) is 0.235. The van der Waals surface area contributed by atoms with Gasteiger partial charge in [-0.25, -0.2) is 4.79 Å². The maximum atomic E-state index is 11.0. The Morgan fingerprint density at radius 2 is 2.19 bits per heavy atom. The molecule has 0 bridgehead atoms. The fraction of sp³-hybridized carbons (Fsp3) is 0.364. The molecule has 0 atom stereocenters. The number of carboxylic acid groups (broad SMARTS) is 1. The summed E-state index contributed by atoms with van der Waals surface area (Å²) in [5, 5.41) is 9.06. The van der Waals surface area contributed by atoms with Crippen molar-refractivity contribution in [1.29, 1.82) is 0 Å². The lowest BCUT2D eigenvalue weighted by Gasteiger charge is -2.07. The molecule has 1 N–H and O–H groups in total. The summed E-state index contributed by atoms with van der Waals surface area (Å²) >= 11 is 0. The van der Waals surface area contributed by atoms with Crippen molar-refractivity contribution >= 4 is 37.4 Å². The number of carbonyl (C=O) groups is 1. The monoisotopic (exact) mass is 274 g/mol. The molecule has 1 aromatic rings. The lowest BCUT2D eigenvalue weighted by Crippen LogP contribution is -1.99. The molecular weight excluding hydrogens is 260 g/mol. The van der Waals surface area contributed by atoms with Crippen LogP contribution in [0.2, 0.25) is 0 Å². The minimum atomic E-state index is -0.854. The molecule has 0 aliphatic heterocycles. The largest absolute Gasteiger partial charge is 0.478 e. The van der Waals surface area contributed by atoms with Gasteiger partial charge in [0.2, 0.25) is 0 Å². The second-order valence-corrected chi connectivity index (χ2v) is 7.43. The minimum Gasteiger partial charge on any atom is -0.478 e. The van der Waals surface area contributed by atoms with Gasteiger partial charge in [-0.15, -0.1) is 0 Å². The van der Waals surface area contributed by atoms with E-state index in [1.165, 1.54) is 0 Å². The molecule has 0 saturated carbocycles. The molecule has 5 heteroatoms. The summed E-state index contributed by atoms with van der Waals surface area (Å²) < 4.78 is 0. The molecule has 0 aliphatic rings. The number of hydrogen-bond donors (Lipinski definition) is 1. The lowest BCUT2D eigenvalue weighted by atomic mass is 10.1. The molecule has 0 spiro atoms. The van der Waals surface area contributed by atoms with E-state index < -0.39 is 5.97 Å². The van der Waals surface area contributed by atoms with Crippen LogP contribution in [0.1, 0.15) is 29.3 Å². The number of rotatable bonds is 6. The van der Waals surface area contributed by atoms with Gasteiger partial charge in [-0.1, -0.05) is 29.9 Å². The van der Waals surface area contributed by atoms with Crippen molar-refractivity contribution in [2.45, 2.75) is 25.2 Å². The quantitative estimate of drug-likeness (QED) is 0.611. The summed E-state index contributed by atoms with van der Waals surface area (Å²) in [6, 6.07) is 5.38. The Balaban J connectivity index is 2.73. The summed E-state index contributed by atoms with van der Waals surface area (Å²) in [7, 11) is 4.95.